The lowest BCUT2D eigenvalue weighted by Crippen LogP contribution is -1.87. The minimum absolute atomic E-state index is 0.524. The molecule has 0 fully saturated rings. The van der Waals surface area contributed by atoms with Crippen LogP contribution in [0.25, 0.3) is 0 Å². The Morgan fingerprint density at radius 3 is 2.92 bits per heavy atom. The van der Waals surface area contributed by atoms with E-state index in [-0.39, 0.29) is 0 Å². The van der Waals surface area contributed by atoms with E-state index in [1.165, 1.54) is 0 Å². The Labute approximate surface area is 84.9 Å². The van der Waals surface area contributed by atoms with Crippen LogP contribution in [0.15, 0.2) is 22.7 Å². The van der Waals surface area contributed by atoms with E-state index in [4.69, 9.17) is 11.6 Å². The Bertz CT molecular complexity index is 286. The van der Waals surface area contributed by atoms with Crippen LogP contribution in [0.2, 0.25) is 5.02 Å². The van der Waals surface area contributed by atoms with Gasteiger partial charge in [-0.25, -0.2) is 0 Å². The molecule has 0 spiro atoms. The minimum Gasteiger partial charge on any atom is -0.303 e. The summed E-state index contributed by atoms with van der Waals surface area (Å²) in [5.74, 6) is 0. The average molecular weight is 248 g/mol. The van der Waals surface area contributed by atoms with E-state index in [0.29, 0.717) is 12.8 Å². The highest BCUT2D eigenvalue weighted by Crippen LogP contribution is 2.21. The van der Waals surface area contributed by atoms with Gasteiger partial charge in [-0.05, 0) is 30.2 Å². The van der Waals surface area contributed by atoms with Crippen molar-refractivity contribution in [1.82, 2.24) is 0 Å². The van der Waals surface area contributed by atoms with Crippen molar-refractivity contribution in [3.63, 3.8) is 0 Å². The number of rotatable bonds is 3. The van der Waals surface area contributed by atoms with E-state index in [0.717, 1.165) is 21.3 Å². The molecule has 0 atom stereocenters. The summed E-state index contributed by atoms with van der Waals surface area (Å²) >= 11 is 9.24. The van der Waals surface area contributed by atoms with Gasteiger partial charge in [0.25, 0.3) is 0 Å². The molecule has 0 radical (unpaired) electrons. The SMILES string of the molecule is O=CCCc1cc(Br)ccc1Cl. The first-order valence-corrected chi connectivity index (χ1v) is 4.78. The molecule has 0 N–H and O–H groups in total. The number of aryl methyl sites for hydroxylation is 1. The summed E-state index contributed by atoms with van der Waals surface area (Å²) in [5, 5.41) is 0.722. The fraction of sp³-hybridized carbons (Fsp3) is 0.222. The summed E-state index contributed by atoms with van der Waals surface area (Å²) < 4.78 is 0.993. The van der Waals surface area contributed by atoms with E-state index in [2.05, 4.69) is 15.9 Å². The number of halogens is 2. The Hall–Kier alpha value is -0.340. The highest BCUT2D eigenvalue weighted by Gasteiger charge is 1.99. The van der Waals surface area contributed by atoms with Crippen LogP contribution >= 0.6 is 27.5 Å². The largest absolute Gasteiger partial charge is 0.303 e. The van der Waals surface area contributed by atoms with Gasteiger partial charge in [0.05, 0.1) is 0 Å². The highest BCUT2D eigenvalue weighted by atomic mass is 79.9. The number of carbonyl (C=O) groups is 1. The summed E-state index contributed by atoms with van der Waals surface area (Å²) in [6.07, 6.45) is 2.13. The predicted molar refractivity (Wildman–Crippen MR) is 53.5 cm³/mol. The first-order chi connectivity index (χ1) is 5.74. The fourth-order valence-electron chi connectivity index (χ4n) is 0.949. The minimum atomic E-state index is 0.524. The molecule has 0 amide bonds. The molecule has 1 rings (SSSR count). The first-order valence-electron chi connectivity index (χ1n) is 3.61. The van der Waals surface area contributed by atoms with Crippen LogP contribution in [0.1, 0.15) is 12.0 Å². The molecule has 0 heterocycles. The maximum Gasteiger partial charge on any atom is 0.120 e. The number of hydrogen-bond donors (Lipinski definition) is 0. The van der Waals surface area contributed by atoms with Gasteiger partial charge in [0, 0.05) is 15.9 Å². The van der Waals surface area contributed by atoms with Gasteiger partial charge >= 0.3 is 0 Å². The van der Waals surface area contributed by atoms with Crippen LogP contribution < -0.4 is 0 Å². The summed E-state index contributed by atoms with van der Waals surface area (Å²) in [6, 6.07) is 5.64. The summed E-state index contributed by atoms with van der Waals surface area (Å²) in [7, 11) is 0. The first kappa shape index (κ1) is 9.75. The average Bonchev–Trinajstić information content (AvgIpc) is 2.07. The lowest BCUT2D eigenvalue weighted by atomic mass is 10.1. The normalized spacial score (nSPS) is 9.83. The zero-order valence-corrected chi connectivity index (χ0v) is 8.73. The Balaban J connectivity index is 2.82. The lowest BCUT2D eigenvalue weighted by Gasteiger charge is -2.01. The van der Waals surface area contributed by atoms with Crippen LogP contribution in [0.4, 0.5) is 0 Å². The molecule has 0 unspecified atom stereocenters. The van der Waals surface area contributed by atoms with Gasteiger partial charge in [0.2, 0.25) is 0 Å². The number of hydrogen-bond acceptors (Lipinski definition) is 1. The summed E-state index contributed by atoms with van der Waals surface area (Å²) in [6.45, 7) is 0. The highest BCUT2D eigenvalue weighted by molar-refractivity contribution is 9.10. The third-order valence-corrected chi connectivity index (χ3v) is 2.40. The van der Waals surface area contributed by atoms with Crippen molar-refractivity contribution in [3.05, 3.63) is 33.3 Å². The van der Waals surface area contributed by atoms with Crippen molar-refractivity contribution in [2.45, 2.75) is 12.8 Å². The van der Waals surface area contributed by atoms with E-state index in [1.807, 2.05) is 18.2 Å². The van der Waals surface area contributed by atoms with Gasteiger partial charge in [0.15, 0.2) is 0 Å². The standard InChI is InChI=1S/C9H8BrClO/c10-8-3-4-9(11)7(6-8)2-1-5-12/h3-6H,1-2H2. The second-order valence-corrected chi connectivity index (χ2v) is 3.76. The van der Waals surface area contributed by atoms with Gasteiger partial charge in [-0.2, -0.15) is 0 Å². The molecule has 0 bridgehead atoms. The predicted octanol–water partition coefficient (Wildman–Crippen LogP) is 3.23. The number of aldehydes is 1. The second kappa shape index (κ2) is 4.63. The third-order valence-electron chi connectivity index (χ3n) is 1.54. The van der Waals surface area contributed by atoms with Crippen molar-refractivity contribution in [3.8, 4) is 0 Å². The molecule has 0 aliphatic heterocycles. The smallest absolute Gasteiger partial charge is 0.120 e. The quantitative estimate of drug-likeness (QED) is 0.750. The van der Waals surface area contributed by atoms with E-state index < -0.39 is 0 Å². The lowest BCUT2D eigenvalue weighted by molar-refractivity contribution is -0.107. The number of carbonyl (C=O) groups excluding carboxylic acids is 1. The fourth-order valence-corrected chi connectivity index (χ4v) is 1.57. The van der Waals surface area contributed by atoms with Gasteiger partial charge in [-0.1, -0.05) is 27.5 Å². The Kier molecular flexibility index (Phi) is 3.76. The Morgan fingerprint density at radius 1 is 1.50 bits per heavy atom. The maximum absolute atomic E-state index is 10.1. The zero-order valence-electron chi connectivity index (χ0n) is 6.39. The maximum atomic E-state index is 10.1. The van der Waals surface area contributed by atoms with Crippen molar-refractivity contribution in [1.29, 1.82) is 0 Å². The molecule has 3 heteroatoms. The van der Waals surface area contributed by atoms with Gasteiger partial charge < -0.3 is 4.79 Å². The van der Waals surface area contributed by atoms with Gasteiger partial charge in [-0.15, -0.1) is 0 Å². The molecule has 1 aromatic rings. The summed E-state index contributed by atoms with van der Waals surface area (Å²) in [4.78, 5) is 10.1. The third kappa shape index (κ3) is 2.61. The molecule has 0 aromatic heterocycles. The molecule has 0 aliphatic carbocycles. The van der Waals surface area contributed by atoms with Crippen LogP contribution in [0.5, 0.6) is 0 Å². The topological polar surface area (TPSA) is 17.1 Å². The van der Waals surface area contributed by atoms with E-state index >= 15 is 0 Å². The molecule has 0 saturated heterocycles. The van der Waals surface area contributed by atoms with Gasteiger partial charge in [0.1, 0.15) is 6.29 Å². The van der Waals surface area contributed by atoms with Crippen LogP contribution in [-0.4, -0.2) is 6.29 Å². The van der Waals surface area contributed by atoms with Crippen molar-refractivity contribution in [2.75, 3.05) is 0 Å². The molecule has 0 aliphatic rings. The second-order valence-electron chi connectivity index (χ2n) is 2.44. The van der Waals surface area contributed by atoms with E-state index in [1.54, 1.807) is 0 Å². The molecule has 0 saturated carbocycles. The van der Waals surface area contributed by atoms with Crippen LogP contribution in [-0.2, 0) is 11.2 Å². The Morgan fingerprint density at radius 2 is 2.25 bits per heavy atom. The van der Waals surface area contributed by atoms with Crippen LogP contribution in [0, 0.1) is 0 Å². The molecular formula is C9H8BrClO. The molecule has 64 valence electrons. The molecule has 12 heavy (non-hydrogen) atoms. The van der Waals surface area contributed by atoms with Gasteiger partial charge in [-0.3, -0.25) is 0 Å². The van der Waals surface area contributed by atoms with Crippen molar-refractivity contribution < 1.29 is 4.79 Å². The van der Waals surface area contributed by atoms with Crippen LogP contribution in [0.3, 0.4) is 0 Å². The summed E-state index contributed by atoms with van der Waals surface area (Å²) in [5.41, 5.74) is 1.01. The van der Waals surface area contributed by atoms with Crippen molar-refractivity contribution >= 4 is 33.8 Å². The van der Waals surface area contributed by atoms with E-state index in [9.17, 15) is 4.79 Å². The molecular weight excluding hydrogens is 239 g/mol. The monoisotopic (exact) mass is 246 g/mol. The molecule has 1 nitrogen and oxygen atoms in total. The zero-order chi connectivity index (χ0) is 8.97. The number of benzene rings is 1. The van der Waals surface area contributed by atoms with Crippen molar-refractivity contribution in [2.24, 2.45) is 0 Å². The molecule has 1 aromatic carbocycles.